The van der Waals surface area contributed by atoms with Crippen LogP contribution < -0.4 is 0 Å². The number of aromatic nitrogens is 3. The summed E-state index contributed by atoms with van der Waals surface area (Å²) in [5.74, 6) is 1.07. The van der Waals surface area contributed by atoms with Gasteiger partial charge in [-0.2, -0.15) is 0 Å². The van der Waals surface area contributed by atoms with E-state index in [2.05, 4.69) is 50.4 Å². The van der Waals surface area contributed by atoms with Crippen molar-refractivity contribution in [1.29, 1.82) is 0 Å². The van der Waals surface area contributed by atoms with Gasteiger partial charge in [-0.1, -0.05) is 28.1 Å². The summed E-state index contributed by atoms with van der Waals surface area (Å²) in [7, 11) is 2.01. The normalized spacial score (nSPS) is 17.4. The molecule has 0 spiro atoms. The average molecular weight is 278 g/mol. The van der Waals surface area contributed by atoms with Crippen LogP contribution in [0.15, 0.2) is 35.1 Å². The molecule has 1 aliphatic rings. The molecule has 1 aromatic carbocycles. The third-order valence-corrected chi connectivity index (χ3v) is 3.76. The van der Waals surface area contributed by atoms with Gasteiger partial charge < -0.3 is 4.57 Å². The van der Waals surface area contributed by atoms with Crippen molar-refractivity contribution in [2.75, 3.05) is 0 Å². The minimum atomic E-state index is 0.106. The fourth-order valence-corrected chi connectivity index (χ4v) is 2.67. The van der Waals surface area contributed by atoms with Gasteiger partial charge in [0.25, 0.3) is 0 Å². The maximum Gasteiger partial charge on any atom is 0.143 e. The molecule has 0 bridgehead atoms. The number of nitrogens with zero attached hydrogens (tertiary/aromatic N) is 3. The van der Waals surface area contributed by atoms with Crippen LogP contribution in [0.5, 0.6) is 0 Å². The molecule has 0 atom stereocenters. The molecule has 2 aromatic rings. The highest BCUT2D eigenvalue weighted by molar-refractivity contribution is 9.10. The fourth-order valence-electron chi connectivity index (χ4n) is 2.27. The van der Waals surface area contributed by atoms with E-state index < -0.39 is 0 Å². The van der Waals surface area contributed by atoms with Crippen molar-refractivity contribution in [2.45, 2.75) is 18.3 Å². The molecule has 82 valence electrons. The number of benzene rings is 1. The summed E-state index contributed by atoms with van der Waals surface area (Å²) in [6, 6.07) is 8.49. The first-order valence-corrected chi connectivity index (χ1v) is 6.12. The Kier molecular flexibility index (Phi) is 2.14. The molecule has 1 aromatic heterocycles. The van der Waals surface area contributed by atoms with E-state index >= 15 is 0 Å². The first kappa shape index (κ1) is 10.0. The van der Waals surface area contributed by atoms with Crippen LogP contribution in [-0.4, -0.2) is 14.8 Å². The Balaban J connectivity index is 2.10. The summed E-state index contributed by atoms with van der Waals surface area (Å²) in [6.45, 7) is 0. The monoisotopic (exact) mass is 277 g/mol. The Morgan fingerprint density at radius 1 is 1.38 bits per heavy atom. The van der Waals surface area contributed by atoms with Crippen LogP contribution >= 0.6 is 15.9 Å². The van der Waals surface area contributed by atoms with Crippen LogP contribution in [0.1, 0.15) is 24.2 Å². The van der Waals surface area contributed by atoms with Crippen LogP contribution in [0.4, 0.5) is 0 Å². The summed E-state index contributed by atoms with van der Waals surface area (Å²) >= 11 is 3.52. The number of aryl methyl sites for hydroxylation is 1. The van der Waals surface area contributed by atoms with Gasteiger partial charge in [0.1, 0.15) is 12.2 Å². The second-order valence-electron chi connectivity index (χ2n) is 4.36. The Hall–Kier alpha value is -1.16. The quantitative estimate of drug-likeness (QED) is 0.845. The molecule has 3 rings (SSSR count). The Labute approximate surface area is 103 Å². The molecule has 1 fully saturated rings. The number of hydrogen-bond donors (Lipinski definition) is 0. The molecule has 0 saturated heterocycles. The van der Waals surface area contributed by atoms with E-state index in [0.717, 1.165) is 23.1 Å². The van der Waals surface area contributed by atoms with E-state index in [9.17, 15) is 0 Å². The third-order valence-electron chi connectivity index (χ3n) is 3.27. The van der Waals surface area contributed by atoms with E-state index in [4.69, 9.17) is 0 Å². The van der Waals surface area contributed by atoms with Crippen molar-refractivity contribution in [1.82, 2.24) is 14.8 Å². The van der Waals surface area contributed by atoms with Gasteiger partial charge in [0.2, 0.25) is 0 Å². The minimum Gasteiger partial charge on any atom is -0.320 e. The maximum absolute atomic E-state index is 4.25. The summed E-state index contributed by atoms with van der Waals surface area (Å²) in [5, 5.41) is 8.23. The van der Waals surface area contributed by atoms with Crippen LogP contribution in [0, 0.1) is 0 Å². The van der Waals surface area contributed by atoms with Gasteiger partial charge in [-0.05, 0) is 30.5 Å². The van der Waals surface area contributed by atoms with Crippen molar-refractivity contribution in [3.8, 4) is 0 Å². The Morgan fingerprint density at radius 3 is 2.75 bits per heavy atom. The molecule has 0 unspecified atom stereocenters. The van der Waals surface area contributed by atoms with Crippen molar-refractivity contribution in [3.63, 3.8) is 0 Å². The zero-order valence-corrected chi connectivity index (χ0v) is 10.6. The highest BCUT2D eigenvalue weighted by atomic mass is 79.9. The van der Waals surface area contributed by atoms with Gasteiger partial charge in [0, 0.05) is 11.5 Å². The molecular weight excluding hydrogens is 266 g/mol. The molecule has 16 heavy (non-hydrogen) atoms. The molecule has 0 N–H and O–H groups in total. The van der Waals surface area contributed by atoms with Gasteiger partial charge in [-0.3, -0.25) is 0 Å². The van der Waals surface area contributed by atoms with Gasteiger partial charge in [-0.25, -0.2) is 0 Å². The molecule has 1 aliphatic carbocycles. The van der Waals surface area contributed by atoms with Crippen molar-refractivity contribution in [3.05, 3.63) is 46.5 Å². The number of rotatable bonds is 2. The highest BCUT2D eigenvalue weighted by Gasteiger charge is 2.49. The van der Waals surface area contributed by atoms with Gasteiger partial charge in [0.05, 0.1) is 5.41 Å². The smallest absolute Gasteiger partial charge is 0.143 e. The summed E-state index contributed by atoms with van der Waals surface area (Å²) in [4.78, 5) is 0. The Morgan fingerprint density at radius 2 is 2.19 bits per heavy atom. The minimum absolute atomic E-state index is 0.106. The van der Waals surface area contributed by atoms with Gasteiger partial charge in [0.15, 0.2) is 0 Å². The lowest BCUT2D eigenvalue weighted by atomic mass is 9.95. The average Bonchev–Trinajstić information content (AvgIpc) is 2.97. The predicted octanol–water partition coefficient (Wildman–Crippen LogP) is 2.66. The van der Waals surface area contributed by atoms with E-state index in [0.29, 0.717) is 0 Å². The predicted molar refractivity (Wildman–Crippen MR) is 65.2 cm³/mol. The third kappa shape index (κ3) is 1.40. The first-order valence-electron chi connectivity index (χ1n) is 5.33. The van der Waals surface area contributed by atoms with Crippen molar-refractivity contribution in [2.24, 2.45) is 7.05 Å². The largest absolute Gasteiger partial charge is 0.320 e. The van der Waals surface area contributed by atoms with Crippen molar-refractivity contribution >= 4 is 15.9 Å². The standard InChI is InChI=1S/C12H12BrN3/c1-16-8-14-15-11(16)12(5-6-12)9-3-2-4-10(13)7-9/h2-4,7-8H,5-6H2,1H3. The lowest BCUT2D eigenvalue weighted by molar-refractivity contribution is 0.691. The molecule has 3 nitrogen and oxygen atoms in total. The lowest BCUT2D eigenvalue weighted by Gasteiger charge is -2.14. The van der Waals surface area contributed by atoms with Crippen molar-refractivity contribution < 1.29 is 0 Å². The highest BCUT2D eigenvalue weighted by Crippen LogP contribution is 2.52. The SMILES string of the molecule is Cn1cnnc1C1(c2cccc(Br)c2)CC1. The first-order chi connectivity index (χ1) is 7.72. The number of hydrogen-bond acceptors (Lipinski definition) is 2. The molecule has 1 saturated carbocycles. The molecule has 0 amide bonds. The maximum atomic E-state index is 4.25. The van der Waals surface area contributed by atoms with E-state index in [-0.39, 0.29) is 5.41 Å². The Bertz CT molecular complexity index is 529. The summed E-state index contributed by atoms with van der Waals surface area (Å²) in [6.07, 6.45) is 4.10. The van der Waals surface area contributed by atoms with Crippen LogP contribution in [-0.2, 0) is 12.5 Å². The summed E-state index contributed by atoms with van der Waals surface area (Å²) < 4.78 is 3.15. The zero-order chi connectivity index (χ0) is 11.2. The molecular formula is C12H12BrN3. The zero-order valence-electron chi connectivity index (χ0n) is 9.02. The second-order valence-corrected chi connectivity index (χ2v) is 5.27. The molecule has 1 heterocycles. The number of halogens is 1. The summed E-state index contributed by atoms with van der Waals surface area (Å²) in [5.41, 5.74) is 1.44. The topological polar surface area (TPSA) is 30.7 Å². The lowest BCUT2D eigenvalue weighted by Crippen LogP contribution is -2.14. The molecule has 0 radical (unpaired) electrons. The van der Waals surface area contributed by atoms with Crippen LogP contribution in [0.2, 0.25) is 0 Å². The van der Waals surface area contributed by atoms with Gasteiger partial charge >= 0.3 is 0 Å². The fraction of sp³-hybridized carbons (Fsp3) is 0.333. The van der Waals surface area contributed by atoms with Crippen LogP contribution in [0.3, 0.4) is 0 Å². The van der Waals surface area contributed by atoms with E-state index in [1.54, 1.807) is 6.33 Å². The second kappa shape index (κ2) is 3.42. The van der Waals surface area contributed by atoms with Gasteiger partial charge in [-0.15, -0.1) is 10.2 Å². The molecule has 4 heteroatoms. The van der Waals surface area contributed by atoms with Crippen LogP contribution in [0.25, 0.3) is 0 Å². The van der Waals surface area contributed by atoms with E-state index in [1.165, 1.54) is 5.56 Å². The van der Waals surface area contributed by atoms with E-state index in [1.807, 2.05) is 11.6 Å². The molecule has 0 aliphatic heterocycles.